The average molecular weight is 367 g/mol. The molecule has 0 unspecified atom stereocenters. The number of nitrogens with zero attached hydrogens (tertiary/aromatic N) is 1. The average Bonchev–Trinajstić information content (AvgIpc) is 3.26. The van der Waals surface area contributed by atoms with Gasteiger partial charge in [-0.2, -0.15) is 0 Å². The third-order valence-electron chi connectivity index (χ3n) is 4.38. The molecule has 24 heavy (non-hydrogen) atoms. The summed E-state index contributed by atoms with van der Waals surface area (Å²) in [5.41, 5.74) is 1.25. The van der Waals surface area contributed by atoms with E-state index in [-0.39, 0.29) is 18.3 Å². The first-order valence-corrected chi connectivity index (χ1v) is 8.72. The van der Waals surface area contributed by atoms with Crippen LogP contribution in [0.15, 0.2) is 35.7 Å². The summed E-state index contributed by atoms with van der Waals surface area (Å²) in [6.45, 7) is 4.86. The van der Waals surface area contributed by atoms with Crippen molar-refractivity contribution >= 4 is 17.2 Å². The lowest BCUT2D eigenvalue weighted by atomic mass is 10.1. The van der Waals surface area contributed by atoms with Gasteiger partial charge in [-0.1, -0.05) is 6.07 Å². The Labute approximate surface area is 151 Å². The van der Waals surface area contributed by atoms with E-state index in [0.717, 1.165) is 49.1 Å². The maximum absolute atomic E-state index is 12.4. The standard InChI is InChI=1S/C17H18N2O3S.ClH/c20-17(16-2-1-9-23-16)19-7-5-18(6-8-19)11-13-3-4-14-15(10-13)22-12-21-14;/h1-4,9-10H,5-8,11-12H2;1H. The fourth-order valence-electron chi connectivity index (χ4n) is 3.10. The minimum Gasteiger partial charge on any atom is -1.00 e. The van der Waals surface area contributed by atoms with Gasteiger partial charge in [-0.25, -0.2) is 0 Å². The Morgan fingerprint density at radius 2 is 1.96 bits per heavy atom. The van der Waals surface area contributed by atoms with Crippen LogP contribution in [0.1, 0.15) is 15.2 Å². The molecule has 2 aliphatic heterocycles. The largest absolute Gasteiger partial charge is 1.00 e. The second-order valence-corrected chi connectivity index (χ2v) is 6.83. The van der Waals surface area contributed by atoms with Crippen molar-refractivity contribution in [2.24, 2.45) is 0 Å². The molecule has 0 saturated carbocycles. The van der Waals surface area contributed by atoms with Crippen LogP contribution in [0.2, 0.25) is 0 Å². The van der Waals surface area contributed by atoms with Gasteiger partial charge in [-0.15, -0.1) is 11.3 Å². The van der Waals surface area contributed by atoms with Crippen LogP contribution in [0.4, 0.5) is 0 Å². The molecular weight excluding hydrogens is 348 g/mol. The van der Waals surface area contributed by atoms with Gasteiger partial charge in [0, 0.05) is 5.56 Å². The zero-order valence-corrected chi connectivity index (χ0v) is 14.7. The summed E-state index contributed by atoms with van der Waals surface area (Å²) in [5, 5.41) is 1.95. The molecule has 2 aliphatic rings. The Morgan fingerprint density at radius 1 is 1.17 bits per heavy atom. The van der Waals surface area contributed by atoms with Crippen LogP contribution in [0.25, 0.3) is 0 Å². The number of quaternary nitrogens is 1. The van der Waals surface area contributed by atoms with E-state index in [1.807, 2.05) is 28.5 Å². The van der Waals surface area contributed by atoms with Gasteiger partial charge in [0.2, 0.25) is 6.79 Å². The first-order valence-electron chi connectivity index (χ1n) is 7.84. The van der Waals surface area contributed by atoms with Gasteiger partial charge in [0.15, 0.2) is 11.5 Å². The van der Waals surface area contributed by atoms with E-state index in [4.69, 9.17) is 9.47 Å². The second kappa shape index (κ2) is 7.42. The van der Waals surface area contributed by atoms with Crippen molar-refractivity contribution in [2.75, 3.05) is 33.0 Å². The SMILES string of the molecule is O=C(c1cccs1)N1CC[NH+](Cc2ccc3c(c2)OCO3)CC1.[Cl-]. The predicted octanol–water partition coefficient (Wildman–Crippen LogP) is -1.98. The molecule has 1 N–H and O–H groups in total. The van der Waals surface area contributed by atoms with Gasteiger partial charge in [-0.05, 0) is 29.6 Å². The summed E-state index contributed by atoms with van der Waals surface area (Å²) in [5.74, 6) is 1.84. The van der Waals surface area contributed by atoms with Crippen LogP contribution < -0.4 is 26.8 Å². The van der Waals surface area contributed by atoms with Gasteiger partial charge >= 0.3 is 0 Å². The molecule has 1 aromatic heterocycles. The van der Waals surface area contributed by atoms with E-state index in [1.165, 1.54) is 21.8 Å². The molecular formula is C17H19ClN2O3S. The van der Waals surface area contributed by atoms with Gasteiger partial charge in [0.1, 0.15) is 6.54 Å². The minimum absolute atomic E-state index is 0. The number of carbonyl (C=O) groups is 1. The zero-order chi connectivity index (χ0) is 15.6. The molecule has 5 nitrogen and oxygen atoms in total. The number of nitrogens with one attached hydrogen (secondary N) is 1. The molecule has 1 amide bonds. The third kappa shape index (κ3) is 3.50. The molecule has 3 heterocycles. The number of rotatable bonds is 3. The van der Waals surface area contributed by atoms with E-state index in [2.05, 4.69) is 12.1 Å². The Hall–Kier alpha value is -1.76. The molecule has 0 aliphatic carbocycles. The number of piperazine rings is 1. The van der Waals surface area contributed by atoms with Crippen LogP contribution in [0.5, 0.6) is 11.5 Å². The lowest BCUT2D eigenvalue weighted by molar-refractivity contribution is -0.917. The maximum Gasteiger partial charge on any atom is 0.264 e. The Morgan fingerprint density at radius 3 is 2.71 bits per heavy atom. The molecule has 7 heteroatoms. The molecule has 0 spiro atoms. The van der Waals surface area contributed by atoms with Crippen molar-refractivity contribution in [1.29, 1.82) is 0 Å². The topological polar surface area (TPSA) is 43.2 Å². The number of thiophene rings is 1. The first-order chi connectivity index (χ1) is 11.3. The molecule has 1 aromatic carbocycles. The molecule has 0 radical (unpaired) electrons. The summed E-state index contributed by atoms with van der Waals surface area (Å²) in [4.78, 5) is 16.7. The molecule has 128 valence electrons. The Kier molecular flexibility index (Phi) is 5.28. The quantitative estimate of drug-likeness (QED) is 0.685. The number of hydrogen-bond donors (Lipinski definition) is 1. The summed E-state index contributed by atoms with van der Waals surface area (Å²) >= 11 is 1.52. The first kappa shape index (κ1) is 17.1. The molecule has 2 aromatic rings. The number of halogens is 1. The number of fused-ring (bicyclic) bond motifs is 1. The van der Waals surface area contributed by atoms with E-state index in [0.29, 0.717) is 6.79 Å². The number of ether oxygens (including phenoxy) is 2. The monoisotopic (exact) mass is 366 g/mol. The maximum atomic E-state index is 12.4. The van der Waals surface area contributed by atoms with Crippen molar-refractivity contribution in [3.05, 3.63) is 46.2 Å². The van der Waals surface area contributed by atoms with Gasteiger partial charge < -0.3 is 31.7 Å². The lowest BCUT2D eigenvalue weighted by Gasteiger charge is -2.32. The van der Waals surface area contributed by atoms with E-state index < -0.39 is 0 Å². The number of carbonyl (C=O) groups excluding carboxylic acids is 1. The summed E-state index contributed by atoms with van der Waals surface area (Å²) in [7, 11) is 0. The highest BCUT2D eigenvalue weighted by Crippen LogP contribution is 2.32. The molecule has 1 fully saturated rings. The molecule has 1 saturated heterocycles. The molecule has 0 atom stereocenters. The van der Waals surface area contributed by atoms with Gasteiger partial charge in [0.05, 0.1) is 31.1 Å². The normalized spacial score (nSPS) is 16.8. The Balaban J connectivity index is 0.00000169. The molecule has 4 rings (SSSR count). The second-order valence-electron chi connectivity index (χ2n) is 5.88. The number of benzene rings is 1. The number of amides is 1. The predicted molar refractivity (Wildman–Crippen MR) is 87.2 cm³/mol. The molecule has 0 bridgehead atoms. The van der Waals surface area contributed by atoms with Crippen LogP contribution >= 0.6 is 11.3 Å². The fraction of sp³-hybridized carbons (Fsp3) is 0.353. The highest BCUT2D eigenvalue weighted by atomic mass is 35.5. The summed E-state index contributed by atoms with van der Waals surface area (Å²) in [6.07, 6.45) is 0. The van der Waals surface area contributed by atoms with E-state index in [1.54, 1.807) is 0 Å². The van der Waals surface area contributed by atoms with Crippen LogP contribution in [-0.2, 0) is 6.54 Å². The Bertz CT molecular complexity index is 700. The van der Waals surface area contributed by atoms with Crippen molar-refractivity contribution in [1.82, 2.24) is 4.90 Å². The van der Waals surface area contributed by atoms with Gasteiger partial charge in [0.25, 0.3) is 5.91 Å². The zero-order valence-electron chi connectivity index (χ0n) is 13.2. The summed E-state index contributed by atoms with van der Waals surface area (Å²) in [6, 6.07) is 9.98. The highest BCUT2D eigenvalue weighted by molar-refractivity contribution is 7.12. The van der Waals surface area contributed by atoms with Crippen molar-refractivity contribution in [2.45, 2.75) is 6.54 Å². The number of hydrogen-bond acceptors (Lipinski definition) is 4. The third-order valence-corrected chi connectivity index (χ3v) is 5.24. The van der Waals surface area contributed by atoms with Crippen molar-refractivity contribution in [3.63, 3.8) is 0 Å². The fourth-order valence-corrected chi connectivity index (χ4v) is 3.79. The lowest BCUT2D eigenvalue weighted by Crippen LogP contribution is -3.13. The van der Waals surface area contributed by atoms with Crippen molar-refractivity contribution < 1.29 is 31.6 Å². The van der Waals surface area contributed by atoms with Crippen LogP contribution in [0, 0.1) is 0 Å². The van der Waals surface area contributed by atoms with Crippen molar-refractivity contribution in [3.8, 4) is 11.5 Å². The minimum atomic E-state index is 0. The van der Waals surface area contributed by atoms with Crippen LogP contribution in [-0.4, -0.2) is 43.8 Å². The van der Waals surface area contributed by atoms with Crippen LogP contribution in [0.3, 0.4) is 0 Å². The van der Waals surface area contributed by atoms with Gasteiger partial charge in [-0.3, -0.25) is 4.79 Å². The van der Waals surface area contributed by atoms with E-state index >= 15 is 0 Å². The smallest absolute Gasteiger partial charge is 0.264 e. The van der Waals surface area contributed by atoms with E-state index in [9.17, 15) is 4.79 Å². The summed E-state index contributed by atoms with van der Waals surface area (Å²) < 4.78 is 10.8. The highest BCUT2D eigenvalue weighted by Gasteiger charge is 2.25.